The number of hydrogen-bond acceptors (Lipinski definition) is 2. The fraction of sp³-hybridized carbons (Fsp3) is 1.00. The first-order valence-electron chi connectivity index (χ1n) is 5.72. The van der Waals surface area contributed by atoms with Gasteiger partial charge in [0, 0.05) is 14.2 Å². The van der Waals surface area contributed by atoms with Gasteiger partial charge in [-0.3, -0.25) is 0 Å². The van der Waals surface area contributed by atoms with Crippen LogP contribution in [0.5, 0.6) is 0 Å². The largest absolute Gasteiger partial charge is 0.398 e. The molecule has 0 aromatic carbocycles. The molecule has 0 aliphatic carbocycles. The van der Waals surface area contributed by atoms with Crippen molar-refractivity contribution in [3.8, 4) is 0 Å². The monoisotopic (exact) mass is 218 g/mol. The predicted molar refractivity (Wildman–Crippen MR) is 63.7 cm³/mol. The molecule has 0 aliphatic heterocycles. The molecule has 0 bridgehead atoms. The lowest BCUT2D eigenvalue weighted by atomic mass is 10.0. The van der Waals surface area contributed by atoms with Crippen LogP contribution in [0.2, 0.25) is 12.6 Å². The molecule has 1 atom stereocenters. The second-order valence-corrected chi connectivity index (χ2v) is 7.66. The maximum Gasteiger partial charge on any atom is 0.334 e. The molecule has 3 heteroatoms. The number of unbranched alkanes of at least 4 members (excludes halogenated alkanes) is 1. The molecule has 1 unspecified atom stereocenters. The zero-order chi connectivity index (χ0) is 11.0. The molecule has 0 spiro atoms. The summed E-state index contributed by atoms with van der Waals surface area (Å²) in [5, 5.41) is 0. The van der Waals surface area contributed by atoms with E-state index < -0.39 is 8.56 Å². The third-order valence-electron chi connectivity index (χ3n) is 3.07. The Hall–Kier alpha value is 0.137. The van der Waals surface area contributed by atoms with E-state index in [1.54, 1.807) is 14.2 Å². The molecule has 0 aromatic rings. The van der Waals surface area contributed by atoms with Gasteiger partial charge in [0.05, 0.1) is 0 Å². The minimum atomic E-state index is -1.83. The summed E-state index contributed by atoms with van der Waals surface area (Å²) in [5.41, 5.74) is 0. The Balaban J connectivity index is 4.00. The van der Waals surface area contributed by atoms with Gasteiger partial charge in [0.25, 0.3) is 0 Å². The van der Waals surface area contributed by atoms with Crippen LogP contribution in [0.15, 0.2) is 0 Å². The van der Waals surface area contributed by atoms with Crippen molar-refractivity contribution in [1.29, 1.82) is 0 Å². The Morgan fingerprint density at radius 1 is 1.14 bits per heavy atom. The molecule has 86 valence electrons. The first kappa shape index (κ1) is 14.1. The standard InChI is InChI=1S/C11H26O2Si/c1-6-8-9-11(7-2)10-14(5,12-3)13-4/h11H,6-10H2,1-5H3. The van der Waals surface area contributed by atoms with Crippen LogP contribution in [-0.2, 0) is 8.85 Å². The zero-order valence-corrected chi connectivity index (χ0v) is 11.4. The average Bonchev–Trinajstić information content (AvgIpc) is 2.23. The van der Waals surface area contributed by atoms with Crippen molar-refractivity contribution >= 4 is 8.56 Å². The molecule has 0 amide bonds. The third-order valence-corrected chi connectivity index (χ3v) is 6.11. The molecule has 0 radical (unpaired) electrons. The lowest BCUT2D eigenvalue weighted by Crippen LogP contribution is -2.38. The van der Waals surface area contributed by atoms with Crippen LogP contribution in [0, 0.1) is 5.92 Å². The molecule has 0 saturated carbocycles. The van der Waals surface area contributed by atoms with Crippen LogP contribution >= 0.6 is 0 Å². The first-order valence-corrected chi connectivity index (χ1v) is 8.24. The van der Waals surface area contributed by atoms with Crippen LogP contribution in [-0.4, -0.2) is 22.8 Å². The van der Waals surface area contributed by atoms with Crippen molar-refractivity contribution in [1.82, 2.24) is 0 Å². The molecular weight excluding hydrogens is 192 g/mol. The average molecular weight is 218 g/mol. The summed E-state index contributed by atoms with van der Waals surface area (Å²) in [6.45, 7) is 6.66. The van der Waals surface area contributed by atoms with Gasteiger partial charge in [-0.05, 0) is 18.5 Å². The normalized spacial score (nSPS) is 14.4. The summed E-state index contributed by atoms with van der Waals surface area (Å²) in [4.78, 5) is 0. The number of rotatable bonds is 8. The predicted octanol–water partition coefficient (Wildman–Crippen LogP) is 3.57. The molecule has 14 heavy (non-hydrogen) atoms. The highest BCUT2D eigenvalue weighted by atomic mass is 28.4. The Labute approximate surface area is 90.2 Å². The molecule has 0 aromatic heterocycles. The Morgan fingerprint density at radius 2 is 1.71 bits per heavy atom. The fourth-order valence-corrected chi connectivity index (χ4v) is 3.76. The van der Waals surface area contributed by atoms with E-state index in [2.05, 4.69) is 20.4 Å². The molecule has 0 saturated heterocycles. The van der Waals surface area contributed by atoms with Gasteiger partial charge in [0.2, 0.25) is 0 Å². The quantitative estimate of drug-likeness (QED) is 0.580. The van der Waals surface area contributed by atoms with Crippen LogP contribution in [0.3, 0.4) is 0 Å². The van der Waals surface area contributed by atoms with Gasteiger partial charge in [-0.1, -0.05) is 39.5 Å². The minimum absolute atomic E-state index is 0.784. The Bertz CT molecular complexity index is 135. The van der Waals surface area contributed by atoms with Crippen molar-refractivity contribution < 1.29 is 8.85 Å². The molecule has 0 aliphatic rings. The molecule has 0 fully saturated rings. The first-order chi connectivity index (χ1) is 6.61. The van der Waals surface area contributed by atoms with Crippen molar-refractivity contribution in [2.24, 2.45) is 5.92 Å². The highest BCUT2D eigenvalue weighted by Crippen LogP contribution is 2.25. The summed E-state index contributed by atoms with van der Waals surface area (Å²) >= 11 is 0. The maximum absolute atomic E-state index is 5.52. The molecule has 0 heterocycles. The highest BCUT2D eigenvalue weighted by molar-refractivity contribution is 6.66. The topological polar surface area (TPSA) is 18.5 Å². The molecule has 0 N–H and O–H groups in total. The third kappa shape index (κ3) is 5.13. The summed E-state index contributed by atoms with van der Waals surface area (Å²) < 4.78 is 11.0. The second-order valence-electron chi connectivity index (χ2n) is 4.16. The van der Waals surface area contributed by atoms with Gasteiger partial charge in [0.15, 0.2) is 0 Å². The Morgan fingerprint density at radius 3 is 2.07 bits per heavy atom. The van der Waals surface area contributed by atoms with E-state index in [1.165, 1.54) is 25.7 Å². The van der Waals surface area contributed by atoms with Crippen LogP contribution < -0.4 is 0 Å². The van der Waals surface area contributed by atoms with Crippen molar-refractivity contribution in [2.45, 2.75) is 52.1 Å². The van der Waals surface area contributed by atoms with E-state index >= 15 is 0 Å². The number of hydrogen-bond donors (Lipinski definition) is 0. The van der Waals surface area contributed by atoms with E-state index in [0.29, 0.717) is 0 Å². The van der Waals surface area contributed by atoms with Gasteiger partial charge < -0.3 is 8.85 Å². The summed E-state index contributed by atoms with van der Waals surface area (Å²) in [6, 6.07) is 1.14. The van der Waals surface area contributed by atoms with E-state index in [1.807, 2.05) is 0 Å². The van der Waals surface area contributed by atoms with Crippen molar-refractivity contribution in [2.75, 3.05) is 14.2 Å². The minimum Gasteiger partial charge on any atom is -0.398 e. The lowest BCUT2D eigenvalue weighted by Gasteiger charge is -2.27. The van der Waals surface area contributed by atoms with Gasteiger partial charge in [-0.2, -0.15) is 0 Å². The van der Waals surface area contributed by atoms with E-state index in [9.17, 15) is 0 Å². The van der Waals surface area contributed by atoms with Gasteiger partial charge in [0.1, 0.15) is 0 Å². The zero-order valence-electron chi connectivity index (χ0n) is 10.4. The van der Waals surface area contributed by atoms with Crippen molar-refractivity contribution in [3.05, 3.63) is 0 Å². The van der Waals surface area contributed by atoms with E-state index in [0.717, 1.165) is 12.0 Å². The van der Waals surface area contributed by atoms with Crippen LogP contribution in [0.4, 0.5) is 0 Å². The van der Waals surface area contributed by atoms with Gasteiger partial charge in [-0.15, -0.1) is 0 Å². The van der Waals surface area contributed by atoms with Crippen LogP contribution in [0.1, 0.15) is 39.5 Å². The summed E-state index contributed by atoms with van der Waals surface area (Å²) in [7, 11) is 1.73. The van der Waals surface area contributed by atoms with E-state index in [-0.39, 0.29) is 0 Å². The van der Waals surface area contributed by atoms with E-state index in [4.69, 9.17) is 8.85 Å². The van der Waals surface area contributed by atoms with Crippen LogP contribution in [0.25, 0.3) is 0 Å². The van der Waals surface area contributed by atoms with Crippen molar-refractivity contribution in [3.63, 3.8) is 0 Å². The molecule has 2 nitrogen and oxygen atoms in total. The fourth-order valence-electron chi connectivity index (χ4n) is 1.72. The smallest absolute Gasteiger partial charge is 0.334 e. The maximum atomic E-state index is 5.52. The SMILES string of the molecule is CCCCC(CC)C[Si](C)(OC)OC. The van der Waals surface area contributed by atoms with Gasteiger partial charge >= 0.3 is 8.56 Å². The summed E-state index contributed by atoms with van der Waals surface area (Å²) in [5.74, 6) is 0.784. The van der Waals surface area contributed by atoms with Gasteiger partial charge in [-0.25, -0.2) is 0 Å². The Kier molecular flexibility index (Phi) is 7.50. The lowest BCUT2D eigenvalue weighted by molar-refractivity contribution is 0.239. The molecular formula is C11H26O2Si. The second kappa shape index (κ2) is 7.43. The molecule has 0 rings (SSSR count). The highest BCUT2D eigenvalue weighted by Gasteiger charge is 2.31. The summed E-state index contributed by atoms with van der Waals surface area (Å²) in [6.07, 6.45) is 5.18.